The smallest absolute Gasteiger partial charge is 0.338 e. The number of hydrogen-bond acceptors (Lipinski definition) is 4. The Kier molecular flexibility index (Phi) is 6.32. The first kappa shape index (κ1) is 14.6. The Hall–Kier alpha value is -1.46. The Labute approximate surface area is 112 Å². The zero-order valence-corrected chi connectivity index (χ0v) is 11.2. The molecule has 0 saturated heterocycles. The first-order valence-corrected chi connectivity index (χ1v) is 6.17. The molecular weight excluding hydrogens is 250 g/mol. The van der Waals surface area contributed by atoms with Crippen molar-refractivity contribution < 1.29 is 14.3 Å². The lowest BCUT2D eigenvalue weighted by Crippen LogP contribution is -2.16. The van der Waals surface area contributed by atoms with E-state index in [-0.39, 0.29) is 12.6 Å². The molecule has 0 heterocycles. The molecule has 18 heavy (non-hydrogen) atoms. The predicted octanol–water partition coefficient (Wildman–Crippen LogP) is 1.71. The average Bonchev–Trinajstić information content (AvgIpc) is 2.34. The lowest BCUT2D eigenvalue weighted by Gasteiger charge is -2.09. The van der Waals surface area contributed by atoms with Crippen LogP contribution in [0.15, 0.2) is 24.3 Å². The van der Waals surface area contributed by atoms with Crippen LogP contribution in [0.25, 0.3) is 0 Å². The van der Waals surface area contributed by atoms with Gasteiger partial charge in [0.25, 0.3) is 0 Å². The highest BCUT2D eigenvalue weighted by atomic mass is 32.1. The van der Waals surface area contributed by atoms with E-state index in [0.29, 0.717) is 30.2 Å². The third-order valence-electron chi connectivity index (χ3n) is 2.27. The van der Waals surface area contributed by atoms with Crippen molar-refractivity contribution in [2.45, 2.75) is 13.3 Å². The molecule has 0 bridgehead atoms. The van der Waals surface area contributed by atoms with Crippen molar-refractivity contribution in [2.75, 3.05) is 19.8 Å². The van der Waals surface area contributed by atoms with Gasteiger partial charge >= 0.3 is 5.97 Å². The van der Waals surface area contributed by atoms with Crippen molar-refractivity contribution in [1.29, 1.82) is 0 Å². The van der Waals surface area contributed by atoms with E-state index in [9.17, 15) is 4.79 Å². The summed E-state index contributed by atoms with van der Waals surface area (Å²) in [7, 11) is 0. The van der Waals surface area contributed by atoms with Crippen molar-refractivity contribution in [1.82, 2.24) is 0 Å². The molecule has 0 unspecified atom stereocenters. The first-order valence-electron chi connectivity index (χ1n) is 5.76. The maximum atomic E-state index is 11.8. The summed E-state index contributed by atoms with van der Waals surface area (Å²) in [6.45, 7) is 3.14. The van der Waals surface area contributed by atoms with Gasteiger partial charge in [0.15, 0.2) is 0 Å². The Morgan fingerprint density at radius 3 is 2.72 bits per heavy atom. The first-order chi connectivity index (χ1) is 8.65. The standard InChI is InChI=1S/C13H17NO3S/c1-2-16-7-8-17-13(15)11-6-4-3-5-10(11)9-12(14)18/h3-6H,2,7-9H2,1H3,(H2,14,18). The molecule has 0 radical (unpaired) electrons. The molecule has 0 amide bonds. The van der Waals surface area contributed by atoms with Crippen molar-refractivity contribution in [3.8, 4) is 0 Å². The number of ether oxygens (including phenoxy) is 2. The summed E-state index contributed by atoms with van der Waals surface area (Å²) >= 11 is 4.85. The van der Waals surface area contributed by atoms with Gasteiger partial charge in [0.2, 0.25) is 0 Å². The van der Waals surface area contributed by atoms with Crippen LogP contribution in [0.1, 0.15) is 22.8 Å². The van der Waals surface area contributed by atoms with Crippen LogP contribution in [-0.2, 0) is 15.9 Å². The summed E-state index contributed by atoms with van der Waals surface area (Å²) < 4.78 is 10.2. The van der Waals surface area contributed by atoms with E-state index in [1.165, 1.54) is 0 Å². The van der Waals surface area contributed by atoms with E-state index in [1.54, 1.807) is 12.1 Å². The number of carbonyl (C=O) groups excluding carboxylic acids is 1. The van der Waals surface area contributed by atoms with Gasteiger partial charge in [0.05, 0.1) is 17.2 Å². The second-order valence-corrected chi connectivity index (χ2v) is 4.16. The van der Waals surface area contributed by atoms with Gasteiger partial charge in [-0.2, -0.15) is 0 Å². The Morgan fingerprint density at radius 2 is 2.06 bits per heavy atom. The third-order valence-corrected chi connectivity index (χ3v) is 2.41. The SMILES string of the molecule is CCOCCOC(=O)c1ccccc1CC(N)=S. The highest BCUT2D eigenvalue weighted by Gasteiger charge is 2.12. The molecule has 0 spiro atoms. The van der Waals surface area contributed by atoms with Gasteiger partial charge in [-0.25, -0.2) is 4.79 Å². The van der Waals surface area contributed by atoms with Crippen LogP contribution < -0.4 is 5.73 Å². The van der Waals surface area contributed by atoms with Gasteiger partial charge in [-0.15, -0.1) is 0 Å². The second-order valence-electron chi connectivity index (χ2n) is 3.63. The Morgan fingerprint density at radius 1 is 1.33 bits per heavy atom. The molecule has 0 aliphatic carbocycles. The molecule has 5 heteroatoms. The van der Waals surface area contributed by atoms with Crippen LogP contribution in [0.2, 0.25) is 0 Å². The fourth-order valence-corrected chi connectivity index (χ4v) is 1.63. The van der Waals surface area contributed by atoms with E-state index >= 15 is 0 Å². The normalized spacial score (nSPS) is 10.1. The van der Waals surface area contributed by atoms with Crippen LogP contribution in [0.3, 0.4) is 0 Å². The molecule has 0 fully saturated rings. The van der Waals surface area contributed by atoms with Gasteiger partial charge in [-0.1, -0.05) is 30.4 Å². The Balaban J connectivity index is 2.63. The number of carbonyl (C=O) groups is 1. The van der Waals surface area contributed by atoms with Crippen LogP contribution >= 0.6 is 12.2 Å². The molecular formula is C13H17NO3S. The highest BCUT2D eigenvalue weighted by Crippen LogP contribution is 2.11. The zero-order chi connectivity index (χ0) is 13.4. The van der Waals surface area contributed by atoms with Gasteiger partial charge < -0.3 is 15.2 Å². The summed E-state index contributed by atoms with van der Waals surface area (Å²) in [4.78, 5) is 12.2. The maximum absolute atomic E-state index is 11.8. The molecule has 2 N–H and O–H groups in total. The average molecular weight is 267 g/mol. The summed E-state index contributed by atoms with van der Waals surface area (Å²) in [5.41, 5.74) is 6.78. The highest BCUT2D eigenvalue weighted by molar-refractivity contribution is 7.80. The number of benzene rings is 1. The largest absolute Gasteiger partial charge is 0.460 e. The van der Waals surface area contributed by atoms with Crippen molar-refractivity contribution in [2.24, 2.45) is 5.73 Å². The minimum Gasteiger partial charge on any atom is -0.460 e. The molecule has 0 saturated carbocycles. The molecule has 4 nitrogen and oxygen atoms in total. The fourth-order valence-electron chi connectivity index (χ4n) is 1.48. The van der Waals surface area contributed by atoms with E-state index in [4.69, 9.17) is 27.4 Å². The van der Waals surface area contributed by atoms with E-state index in [0.717, 1.165) is 5.56 Å². The van der Waals surface area contributed by atoms with Crippen LogP contribution in [0.4, 0.5) is 0 Å². The summed E-state index contributed by atoms with van der Waals surface area (Å²) in [5, 5.41) is 0. The van der Waals surface area contributed by atoms with Gasteiger partial charge in [-0.05, 0) is 18.6 Å². The van der Waals surface area contributed by atoms with Gasteiger partial charge in [0, 0.05) is 13.0 Å². The summed E-state index contributed by atoms with van der Waals surface area (Å²) in [5.74, 6) is -0.374. The fraction of sp³-hybridized carbons (Fsp3) is 0.385. The van der Waals surface area contributed by atoms with Gasteiger partial charge in [0.1, 0.15) is 6.61 Å². The van der Waals surface area contributed by atoms with Crippen molar-refractivity contribution in [3.63, 3.8) is 0 Å². The number of rotatable bonds is 7. The number of thiocarbonyl (C=S) groups is 1. The lowest BCUT2D eigenvalue weighted by molar-refractivity contribution is 0.0334. The monoisotopic (exact) mass is 267 g/mol. The molecule has 1 rings (SSSR count). The zero-order valence-electron chi connectivity index (χ0n) is 10.3. The predicted molar refractivity (Wildman–Crippen MR) is 73.7 cm³/mol. The van der Waals surface area contributed by atoms with Crippen LogP contribution in [-0.4, -0.2) is 30.8 Å². The molecule has 0 aliphatic rings. The van der Waals surface area contributed by atoms with Crippen LogP contribution in [0.5, 0.6) is 0 Å². The molecule has 0 atom stereocenters. The van der Waals surface area contributed by atoms with Gasteiger partial charge in [-0.3, -0.25) is 0 Å². The molecule has 0 aromatic heterocycles. The molecule has 0 aliphatic heterocycles. The van der Waals surface area contributed by atoms with E-state index < -0.39 is 0 Å². The Bertz CT molecular complexity index is 420. The van der Waals surface area contributed by atoms with Crippen molar-refractivity contribution in [3.05, 3.63) is 35.4 Å². The molecule has 98 valence electrons. The van der Waals surface area contributed by atoms with E-state index in [1.807, 2.05) is 19.1 Å². The maximum Gasteiger partial charge on any atom is 0.338 e. The number of hydrogen-bond donors (Lipinski definition) is 1. The second kappa shape index (κ2) is 7.79. The quantitative estimate of drug-likeness (QED) is 0.463. The van der Waals surface area contributed by atoms with E-state index in [2.05, 4.69) is 0 Å². The molecule has 1 aromatic carbocycles. The minimum absolute atomic E-state index is 0.244. The van der Waals surface area contributed by atoms with Crippen molar-refractivity contribution >= 4 is 23.2 Å². The number of nitrogens with two attached hydrogens (primary N) is 1. The lowest BCUT2D eigenvalue weighted by atomic mass is 10.0. The topological polar surface area (TPSA) is 61.5 Å². The molecule has 1 aromatic rings. The van der Waals surface area contributed by atoms with Crippen LogP contribution in [0, 0.1) is 0 Å². The minimum atomic E-state index is -0.374. The summed E-state index contributed by atoms with van der Waals surface area (Å²) in [6.07, 6.45) is 0.395. The number of esters is 1. The third kappa shape index (κ3) is 4.81. The summed E-state index contributed by atoms with van der Waals surface area (Å²) in [6, 6.07) is 7.14.